The molecule has 0 bridgehead atoms. The molecular formula is C31H48N2O5. The van der Waals surface area contributed by atoms with Crippen LogP contribution in [0.4, 0.5) is 4.79 Å². The number of amides is 1. The molecule has 1 fully saturated rings. The Kier molecular flexibility index (Phi) is 9.77. The Bertz CT molecular complexity index is 1150. The molecule has 1 aromatic carbocycles. The second-order valence-electron chi connectivity index (χ2n) is 13.0. The SMILES string of the molecule is CCCCOc1c(CN(C(=O)O)C(C)(C)C)n(CC(C)(C)C)c(=O)c2ccc(OCC3CCCCC3)cc12. The van der Waals surface area contributed by atoms with E-state index in [0.717, 1.165) is 12.8 Å². The number of unbranched alkanes of at least 4 members (excludes halogenated alkanes) is 1. The lowest BCUT2D eigenvalue weighted by molar-refractivity contribution is 0.0924. The summed E-state index contributed by atoms with van der Waals surface area (Å²) in [7, 11) is 0. The molecule has 0 spiro atoms. The molecule has 1 amide bonds. The average Bonchev–Trinajstić information content (AvgIpc) is 2.83. The number of aromatic nitrogens is 1. The fraction of sp³-hybridized carbons (Fsp3) is 0.677. The lowest BCUT2D eigenvalue weighted by Gasteiger charge is -2.35. The van der Waals surface area contributed by atoms with Gasteiger partial charge in [-0.25, -0.2) is 4.79 Å². The van der Waals surface area contributed by atoms with Gasteiger partial charge in [0, 0.05) is 17.5 Å². The van der Waals surface area contributed by atoms with Gasteiger partial charge in [0.2, 0.25) is 0 Å². The van der Waals surface area contributed by atoms with Crippen molar-refractivity contribution in [1.29, 1.82) is 0 Å². The van der Waals surface area contributed by atoms with E-state index < -0.39 is 11.6 Å². The Morgan fingerprint density at radius 3 is 2.32 bits per heavy atom. The van der Waals surface area contributed by atoms with Crippen LogP contribution in [-0.4, -0.2) is 39.4 Å². The van der Waals surface area contributed by atoms with E-state index in [1.165, 1.54) is 37.0 Å². The first kappa shape index (κ1) is 29.9. The number of rotatable bonds is 10. The second-order valence-corrected chi connectivity index (χ2v) is 13.0. The maximum atomic E-state index is 13.9. The van der Waals surface area contributed by atoms with Gasteiger partial charge in [0.1, 0.15) is 11.5 Å². The summed E-state index contributed by atoms with van der Waals surface area (Å²) in [6.45, 7) is 15.6. The van der Waals surface area contributed by atoms with Gasteiger partial charge in [0.15, 0.2) is 0 Å². The summed E-state index contributed by atoms with van der Waals surface area (Å²) in [6, 6.07) is 5.62. The summed E-state index contributed by atoms with van der Waals surface area (Å²) in [6.07, 6.45) is 6.99. The third-order valence-corrected chi connectivity index (χ3v) is 7.23. The number of hydrogen-bond donors (Lipinski definition) is 1. The van der Waals surface area contributed by atoms with Crippen LogP contribution >= 0.6 is 0 Å². The van der Waals surface area contributed by atoms with Crippen LogP contribution in [0, 0.1) is 11.3 Å². The Morgan fingerprint density at radius 2 is 1.74 bits per heavy atom. The van der Waals surface area contributed by atoms with E-state index in [-0.39, 0.29) is 17.5 Å². The third-order valence-electron chi connectivity index (χ3n) is 7.23. The van der Waals surface area contributed by atoms with Crippen molar-refractivity contribution in [2.75, 3.05) is 13.2 Å². The minimum absolute atomic E-state index is 0.0503. The molecule has 38 heavy (non-hydrogen) atoms. The number of fused-ring (bicyclic) bond motifs is 1. The molecule has 1 saturated carbocycles. The zero-order valence-corrected chi connectivity index (χ0v) is 24.6. The van der Waals surface area contributed by atoms with Crippen LogP contribution in [0.5, 0.6) is 11.5 Å². The van der Waals surface area contributed by atoms with E-state index in [4.69, 9.17) is 9.47 Å². The molecule has 3 rings (SSSR count). The molecule has 1 aliphatic carbocycles. The Hall–Kier alpha value is -2.70. The fourth-order valence-electron chi connectivity index (χ4n) is 5.12. The minimum atomic E-state index is -1.03. The van der Waals surface area contributed by atoms with E-state index in [1.807, 2.05) is 39.0 Å². The standard InChI is InChI=1S/C31H48N2O5/c1-8-9-17-37-27-25-18-23(38-20-22-13-11-10-12-14-22)15-16-24(25)28(34)32(21-30(2,3)4)26(27)19-33(29(35)36)31(5,6)7/h15-16,18,22H,8-14,17,19-21H2,1-7H3,(H,35,36). The summed E-state index contributed by atoms with van der Waals surface area (Å²) in [5, 5.41) is 11.3. The van der Waals surface area contributed by atoms with Crippen molar-refractivity contribution in [1.82, 2.24) is 9.47 Å². The summed E-state index contributed by atoms with van der Waals surface area (Å²) in [4.78, 5) is 27.6. The van der Waals surface area contributed by atoms with Gasteiger partial charge in [-0.1, -0.05) is 53.4 Å². The first-order chi connectivity index (χ1) is 17.8. The lowest BCUT2D eigenvalue weighted by atomic mass is 9.90. The van der Waals surface area contributed by atoms with E-state index in [1.54, 1.807) is 4.57 Å². The molecular weight excluding hydrogens is 480 g/mol. The molecule has 2 aromatic rings. The van der Waals surface area contributed by atoms with Crippen LogP contribution < -0.4 is 15.0 Å². The van der Waals surface area contributed by atoms with Gasteiger partial charge in [0.05, 0.1) is 30.8 Å². The van der Waals surface area contributed by atoms with E-state index in [0.29, 0.717) is 53.6 Å². The number of carbonyl (C=O) groups is 1. The van der Waals surface area contributed by atoms with Crippen LogP contribution in [0.2, 0.25) is 0 Å². The molecule has 7 heteroatoms. The molecule has 1 aliphatic rings. The van der Waals surface area contributed by atoms with Crippen LogP contribution in [0.1, 0.15) is 99.1 Å². The molecule has 7 nitrogen and oxygen atoms in total. The van der Waals surface area contributed by atoms with Crippen molar-refractivity contribution in [3.05, 3.63) is 34.2 Å². The summed E-state index contributed by atoms with van der Waals surface area (Å²) >= 11 is 0. The highest BCUT2D eigenvalue weighted by Gasteiger charge is 2.31. The summed E-state index contributed by atoms with van der Waals surface area (Å²) in [5.74, 6) is 1.86. The van der Waals surface area contributed by atoms with Crippen LogP contribution in [0.3, 0.4) is 0 Å². The maximum Gasteiger partial charge on any atom is 0.408 e. The van der Waals surface area contributed by atoms with Crippen LogP contribution in [-0.2, 0) is 13.1 Å². The first-order valence-electron chi connectivity index (χ1n) is 14.3. The largest absolute Gasteiger partial charge is 0.493 e. The van der Waals surface area contributed by atoms with Gasteiger partial charge in [-0.3, -0.25) is 9.69 Å². The first-order valence-corrected chi connectivity index (χ1v) is 14.3. The topological polar surface area (TPSA) is 81.0 Å². The second kappa shape index (κ2) is 12.4. The fourth-order valence-corrected chi connectivity index (χ4v) is 5.12. The zero-order chi connectivity index (χ0) is 28.1. The Balaban J connectivity index is 2.18. The van der Waals surface area contributed by atoms with E-state index >= 15 is 0 Å². The normalized spacial score (nSPS) is 15.0. The van der Waals surface area contributed by atoms with Crippen molar-refractivity contribution >= 4 is 16.9 Å². The van der Waals surface area contributed by atoms with Gasteiger partial charge in [0.25, 0.3) is 5.56 Å². The summed E-state index contributed by atoms with van der Waals surface area (Å²) < 4.78 is 14.4. The molecule has 1 N–H and O–H groups in total. The number of carboxylic acid groups (broad SMARTS) is 1. The van der Waals surface area contributed by atoms with Gasteiger partial charge >= 0.3 is 6.09 Å². The number of nitrogens with zero attached hydrogens (tertiary/aromatic N) is 2. The average molecular weight is 529 g/mol. The molecule has 212 valence electrons. The van der Waals surface area contributed by atoms with Crippen molar-refractivity contribution < 1.29 is 19.4 Å². The highest BCUT2D eigenvalue weighted by Crippen LogP contribution is 2.35. The Labute approximate surface area is 228 Å². The number of pyridine rings is 1. The summed E-state index contributed by atoms with van der Waals surface area (Å²) in [5.41, 5.74) is -0.401. The molecule has 0 radical (unpaired) electrons. The molecule has 1 heterocycles. The highest BCUT2D eigenvalue weighted by molar-refractivity contribution is 5.90. The van der Waals surface area contributed by atoms with Crippen molar-refractivity contribution in [3.8, 4) is 11.5 Å². The van der Waals surface area contributed by atoms with Crippen molar-refractivity contribution in [2.24, 2.45) is 11.3 Å². The van der Waals surface area contributed by atoms with Crippen molar-refractivity contribution in [2.45, 2.75) is 112 Å². The number of benzene rings is 1. The highest BCUT2D eigenvalue weighted by atomic mass is 16.5. The maximum absolute atomic E-state index is 13.9. The van der Waals surface area contributed by atoms with Crippen molar-refractivity contribution in [3.63, 3.8) is 0 Å². The Morgan fingerprint density at radius 1 is 1.05 bits per heavy atom. The molecule has 0 aliphatic heterocycles. The smallest absolute Gasteiger partial charge is 0.408 e. The van der Waals surface area contributed by atoms with Gasteiger partial charge < -0.3 is 19.1 Å². The monoisotopic (exact) mass is 528 g/mol. The number of ether oxygens (including phenoxy) is 2. The third kappa shape index (κ3) is 7.67. The van der Waals surface area contributed by atoms with Gasteiger partial charge in [-0.05, 0) is 69.6 Å². The van der Waals surface area contributed by atoms with Crippen LogP contribution in [0.15, 0.2) is 23.0 Å². The zero-order valence-electron chi connectivity index (χ0n) is 24.6. The predicted molar refractivity (Wildman–Crippen MR) is 153 cm³/mol. The van der Waals surface area contributed by atoms with E-state index in [2.05, 4.69) is 27.7 Å². The minimum Gasteiger partial charge on any atom is -0.493 e. The quantitative estimate of drug-likeness (QED) is 0.324. The van der Waals surface area contributed by atoms with Crippen LogP contribution in [0.25, 0.3) is 10.8 Å². The molecule has 0 unspecified atom stereocenters. The predicted octanol–water partition coefficient (Wildman–Crippen LogP) is 7.46. The molecule has 0 atom stereocenters. The number of hydrogen-bond acceptors (Lipinski definition) is 4. The lowest BCUT2D eigenvalue weighted by Crippen LogP contribution is -2.45. The molecule has 0 saturated heterocycles. The molecule has 1 aromatic heterocycles. The van der Waals surface area contributed by atoms with E-state index in [9.17, 15) is 14.7 Å². The van der Waals surface area contributed by atoms with Gasteiger partial charge in [-0.15, -0.1) is 0 Å². The van der Waals surface area contributed by atoms with Gasteiger partial charge in [-0.2, -0.15) is 0 Å².